The summed E-state index contributed by atoms with van der Waals surface area (Å²) in [4.78, 5) is 31.4. The number of carbonyl (C=O) groups is 2. The van der Waals surface area contributed by atoms with Gasteiger partial charge in [0.25, 0.3) is 0 Å². The number of nitrogens with zero attached hydrogens (tertiary/aromatic N) is 3. The monoisotopic (exact) mass is 520 g/mol. The van der Waals surface area contributed by atoms with E-state index in [1.165, 1.54) is 18.4 Å². The highest BCUT2D eigenvalue weighted by Gasteiger charge is 2.43. The summed E-state index contributed by atoms with van der Waals surface area (Å²) in [5.41, 5.74) is 1.15. The summed E-state index contributed by atoms with van der Waals surface area (Å²) in [5.74, 6) is 1.07. The van der Waals surface area contributed by atoms with Crippen molar-refractivity contribution in [1.29, 1.82) is 0 Å². The number of nitrogens with one attached hydrogen (secondary N) is 1. The zero-order valence-corrected chi connectivity index (χ0v) is 22.3. The first-order valence-corrected chi connectivity index (χ1v) is 14.0. The van der Waals surface area contributed by atoms with E-state index in [2.05, 4.69) is 26.1 Å². The Morgan fingerprint density at radius 3 is 2.51 bits per heavy atom. The molecule has 3 saturated heterocycles. The molecule has 2 amide bonds. The van der Waals surface area contributed by atoms with Gasteiger partial charge in [-0.15, -0.1) is 0 Å². The molecule has 1 aromatic rings. The van der Waals surface area contributed by atoms with Gasteiger partial charge in [0.1, 0.15) is 0 Å². The summed E-state index contributed by atoms with van der Waals surface area (Å²) in [6.07, 6.45) is 7.10. The van der Waals surface area contributed by atoms with E-state index in [1.54, 1.807) is 6.92 Å². The van der Waals surface area contributed by atoms with Crippen LogP contribution in [-0.2, 0) is 15.0 Å². The Hall–Kier alpha value is -1.34. The molecule has 3 aliphatic heterocycles. The number of halogens is 2. The zero-order chi connectivity index (χ0) is 24.6. The number of rotatable bonds is 8. The van der Waals surface area contributed by atoms with Crippen molar-refractivity contribution in [2.45, 2.75) is 69.4 Å². The lowest BCUT2D eigenvalue weighted by Crippen LogP contribution is -2.62. The van der Waals surface area contributed by atoms with Crippen LogP contribution in [0.25, 0.3) is 0 Å². The first kappa shape index (κ1) is 25.3. The molecule has 3 heterocycles. The summed E-state index contributed by atoms with van der Waals surface area (Å²) >= 11 is 12.7. The van der Waals surface area contributed by atoms with E-state index in [9.17, 15) is 9.59 Å². The van der Waals surface area contributed by atoms with Crippen LogP contribution in [0.2, 0.25) is 10.0 Å². The standard InChI is InChI=1S/C27H38Cl2N4O2/c1-19(34)30-22-7-11-32(12-8-22)23-16-31(17-23)13-10-27(21-4-5-24(28)25(29)14-21)9-6-26(35)33(18-27)15-20-2-3-20/h4-5,14,20,22-23H,2-3,6-13,15-18H2,1H3,(H,30,34)/t27-/m1/s1. The Bertz CT molecular complexity index is 941. The molecule has 0 radical (unpaired) electrons. The number of carbonyl (C=O) groups excluding carboxylic acids is 2. The van der Waals surface area contributed by atoms with Crippen molar-refractivity contribution in [2.24, 2.45) is 5.92 Å². The van der Waals surface area contributed by atoms with Crippen molar-refractivity contribution in [3.8, 4) is 0 Å². The fourth-order valence-corrected chi connectivity index (χ4v) is 6.55. The molecule has 1 aliphatic carbocycles. The number of likely N-dealkylation sites (tertiary alicyclic amines) is 3. The third-order valence-corrected chi connectivity index (χ3v) is 9.41. The molecule has 1 N–H and O–H groups in total. The second-order valence-electron chi connectivity index (χ2n) is 11.3. The Morgan fingerprint density at radius 1 is 1.11 bits per heavy atom. The Balaban J connectivity index is 1.19. The SMILES string of the molecule is CC(=O)NC1CCN(C2CN(CC[C@]3(c4ccc(Cl)c(Cl)c4)CCC(=O)N(CC4CC4)C3)C2)CC1. The summed E-state index contributed by atoms with van der Waals surface area (Å²) in [6, 6.07) is 7.02. The first-order chi connectivity index (χ1) is 16.8. The summed E-state index contributed by atoms with van der Waals surface area (Å²) in [5, 5.41) is 4.25. The lowest BCUT2D eigenvalue weighted by atomic mass is 9.71. The van der Waals surface area contributed by atoms with E-state index < -0.39 is 0 Å². The van der Waals surface area contributed by atoms with Crippen LogP contribution in [0.1, 0.15) is 57.4 Å². The minimum atomic E-state index is -0.0706. The van der Waals surface area contributed by atoms with Crippen molar-refractivity contribution in [2.75, 3.05) is 45.8 Å². The van der Waals surface area contributed by atoms with E-state index in [0.29, 0.717) is 40.4 Å². The molecule has 0 bridgehead atoms. The van der Waals surface area contributed by atoms with E-state index in [-0.39, 0.29) is 11.3 Å². The number of hydrogen-bond acceptors (Lipinski definition) is 4. The lowest BCUT2D eigenvalue weighted by Gasteiger charge is -2.49. The smallest absolute Gasteiger partial charge is 0.222 e. The highest BCUT2D eigenvalue weighted by atomic mass is 35.5. The largest absolute Gasteiger partial charge is 0.354 e. The topological polar surface area (TPSA) is 55.9 Å². The maximum Gasteiger partial charge on any atom is 0.222 e. The molecule has 6 nitrogen and oxygen atoms in total. The van der Waals surface area contributed by atoms with E-state index >= 15 is 0 Å². The van der Waals surface area contributed by atoms with Gasteiger partial charge in [0.05, 0.1) is 10.0 Å². The molecular formula is C27H38Cl2N4O2. The predicted molar refractivity (Wildman–Crippen MR) is 140 cm³/mol. The molecule has 1 atom stereocenters. The van der Waals surface area contributed by atoms with Crippen LogP contribution < -0.4 is 5.32 Å². The Labute approximate surface area is 219 Å². The van der Waals surface area contributed by atoms with E-state index in [0.717, 1.165) is 71.5 Å². The number of benzene rings is 1. The van der Waals surface area contributed by atoms with Gasteiger partial charge in [-0.3, -0.25) is 14.5 Å². The van der Waals surface area contributed by atoms with Crippen LogP contribution in [0.3, 0.4) is 0 Å². The third-order valence-electron chi connectivity index (χ3n) is 8.67. The van der Waals surface area contributed by atoms with Gasteiger partial charge in [0.2, 0.25) is 11.8 Å². The van der Waals surface area contributed by atoms with Crippen molar-refractivity contribution in [1.82, 2.24) is 20.0 Å². The number of piperidine rings is 2. The highest BCUT2D eigenvalue weighted by Crippen LogP contribution is 2.42. The third kappa shape index (κ3) is 5.98. The molecule has 4 aliphatic rings. The summed E-state index contributed by atoms with van der Waals surface area (Å²) < 4.78 is 0. The molecule has 5 rings (SSSR count). The van der Waals surface area contributed by atoms with Crippen molar-refractivity contribution in [3.63, 3.8) is 0 Å². The van der Waals surface area contributed by atoms with Crippen LogP contribution in [0.5, 0.6) is 0 Å². The fourth-order valence-electron chi connectivity index (χ4n) is 6.25. The second kappa shape index (κ2) is 10.6. The normalized spacial score (nSPS) is 27.2. The lowest BCUT2D eigenvalue weighted by molar-refractivity contribution is -0.136. The molecule has 0 spiro atoms. The van der Waals surface area contributed by atoms with Gasteiger partial charge in [-0.2, -0.15) is 0 Å². The maximum absolute atomic E-state index is 12.7. The van der Waals surface area contributed by atoms with Gasteiger partial charge in [-0.1, -0.05) is 29.3 Å². The van der Waals surface area contributed by atoms with Gasteiger partial charge >= 0.3 is 0 Å². The van der Waals surface area contributed by atoms with Gasteiger partial charge in [-0.05, 0) is 68.7 Å². The van der Waals surface area contributed by atoms with Crippen LogP contribution in [0.15, 0.2) is 18.2 Å². The van der Waals surface area contributed by atoms with Crippen molar-refractivity contribution in [3.05, 3.63) is 33.8 Å². The molecule has 35 heavy (non-hydrogen) atoms. The minimum absolute atomic E-state index is 0.0706. The maximum atomic E-state index is 12.7. The molecular weight excluding hydrogens is 483 g/mol. The van der Waals surface area contributed by atoms with Crippen LogP contribution in [-0.4, -0.2) is 84.4 Å². The van der Waals surface area contributed by atoms with Crippen molar-refractivity contribution < 1.29 is 9.59 Å². The van der Waals surface area contributed by atoms with Crippen molar-refractivity contribution >= 4 is 35.0 Å². The van der Waals surface area contributed by atoms with E-state index in [1.807, 2.05) is 12.1 Å². The average molecular weight is 522 g/mol. The van der Waals surface area contributed by atoms with Gasteiger partial charge < -0.3 is 15.1 Å². The fraction of sp³-hybridized carbons (Fsp3) is 0.704. The van der Waals surface area contributed by atoms with Crippen LogP contribution in [0, 0.1) is 5.92 Å². The molecule has 0 aromatic heterocycles. The molecule has 8 heteroatoms. The van der Waals surface area contributed by atoms with Gasteiger partial charge in [-0.25, -0.2) is 0 Å². The first-order valence-electron chi connectivity index (χ1n) is 13.3. The predicted octanol–water partition coefficient (Wildman–Crippen LogP) is 3.94. The Morgan fingerprint density at radius 2 is 1.86 bits per heavy atom. The molecule has 1 aromatic carbocycles. The van der Waals surface area contributed by atoms with Gasteiger partial charge in [0, 0.05) is 70.1 Å². The van der Waals surface area contributed by atoms with E-state index in [4.69, 9.17) is 23.2 Å². The summed E-state index contributed by atoms with van der Waals surface area (Å²) in [6.45, 7) is 8.67. The summed E-state index contributed by atoms with van der Waals surface area (Å²) in [7, 11) is 0. The molecule has 0 unspecified atom stereocenters. The van der Waals surface area contributed by atoms with Gasteiger partial charge in [0.15, 0.2) is 0 Å². The average Bonchev–Trinajstić information content (AvgIpc) is 3.61. The number of hydrogen-bond donors (Lipinski definition) is 1. The number of amides is 2. The molecule has 1 saturated carbocycles. The molecule has 4 fully saturated rings. The minimum Gasteiger partial charge on any atom is -0.354 e. The highest BCUT2D eigenvalue weighted by molar-refractivity contribution is 6.42. The quantitative estimate of drug-likeness (QED) is 0.563. The molecule has 192 valence electrons. The second-order valence-corrected chi connectivity index (χ2v) is 12.1. The Kier molecular flexibility index (Phi) is 7.64. The van der Waals surface area contributed by atoms with Crippen LogP contribution in [0.4, 0.5) is 0 Å². The zero-order valence-electron chi connectivity index (χ0n) is 20.8. The van der Waals surface area contributed by atoms with Crippen LogP contribution >= 0.6 is 23.2 Å².